The molecule has 1 rings (SSSR count). The first-order valence-corrected chi connectivity index (χ1v) is 6.08. The van der Waals surface area contributed by atoms with Crippen molar-refractivity contribution in [3.8, 4) is 5.75 Å². The van der Waals surface area contributed by atoms with Gasteiger partial charge < -0.3 is 10.2 Å². The number of phenols is 1. The molecule has 2 N–H and O–H groups in total. The second-order valence-corrected chi connectivity index (χ2v) is 4.47. The molecule has 1 aromatic carbocycles. The number of phenolic OH excluding ortho intramolecular Hbond substituents is 1. The van der Waals surface area contributed by atoms with Crippen LogP contribution in [0.5, 0.6) is 5.75 Å². The van der Waals surface area contributed by atoms with Crippen molar-refractivity contribution in [2.24, 2.45) is 5.92 Å². The van der Waals surface area contributed by atoms with Crippen LogP contribution in [0.3, 0.4) is 0 Å². The summed E-state index contributed by atoms with van der Waals surface area (Å²) in [6, 6.07) is 6.92. The van der Waals surface area contributed by atoms with Crippen molar-refractivity contribution in [1.82, 2.24) is 0 Å². The van der Waals surface area contributed by atoms with Crippen LogP contribution in [0.1, 0.15) is 44.6 Å². The fourth-order valence-corrected chi connectivity index (χ4v) is 2.06. The number of carboxylic acid groups (broad SMARTS) is 1. The van der Waals surface area contributed by atoms with E-state index in [1.807, 2.05) is 6.07 Å². The molecule has 2 atom stereocenters. The van der Waals surface area contributed by atoms with Crippen molar-refractivity contribution in [2.45, 2.75) is 39.0 Å². The second kappa shape index (κ2) is 6.28. The fourth-order valence-electron chi connectivity index (χ4n) is 2.06. The topological polar surface area (TPSA) is 57.5 Å². The maximum Gasteiger partial charge on any atom is 0.306 e. The van der Waals surface area contributed by atoms with E-state index < -0.39 is 11.9 Å². The van der Waals surface area contributed by atoms with E-state index in [1.54, 1.807) is 25.1 Å². The second-order valence-electron chi connectivity index (χ2n) is 4.47. The normalized spacial score (nSPS) is 14.2. The Morgan fingerprint density at radius 3 is 2.65 bits per heavy atom. The number of unbranched alkanes of at least 4 members (excludes halogenated alkanes) is 1. The summed E-state index contributed by atoms with van der Waals surface area (Å²) in [6.07, 6.45) is 2.88. The van der Waals surface area contributed by atoms with Crippen LogP contribution < -0.4 is 0 Å². The average Bonchev–Trinajstić information content (AvgIpc) is 2.29. The number of carboxylic acids is 1. The van der Waals surface area contributed by atoms with Gasteiger partial charge >= 0.3 is 5.97 Å². The molecule has 0 bridgehead atoms. The Hall–Kier alpha value is -1.51. The zero-order valence-corrected chi connectivity index (χ0v) is 10.4. The molecule has 0 radical (unpaired) electrons. The summed E-state index contributed by atoms with van der Waals surface area (Å²) >= 11 is 0. The van der Waals surface area contributed by atoms with Gasteiger partial charge in [0.1, 0.15) is 5.75 Å². The predicted molar refractivity (Wildman–Crippen MR) is 67.2 cm³/mol. The summed E-state index contributed by atoms with van der Waals surface area (Å²) in [4.78, 5) is 11.1. The first kappa shape index (κ1) is 13.6. The van der Waals surface area contributed by atoms with E-state index in [9.17, 15) is 9.90 Å². The third-order valence-electron chi connectivity index (χ3n) is 3.16. The minimum absolute atomic E-state index is 0.0282. The molecule has 17 heavy (non-hydrogen) atoms. The van der Waals surface area contributed by atoms with E-state index in [0.717, 1.165) is 24.8 Å². The first-order chi connectivity index (χ1) is 8.06. The van der Waals surface area contributed by atoms with Crippen LogP contribution in [0.2, 0.25) is 0 Å². The molecule has 94 valence electrons. The van der Waals surface area contributed by atoms with Gasteiger partial charge in [0.05, 0.1) is 5.92 Å². The summed E-state index contributed by atoms with van der Waals surface area (Å²) in [5, 5.41) is 18.6. The zero-order valence-electron chi connectivity index (χ0n) is 10.4. The van der Waals surface area contributed by atoms with Crippen molar-refractivity contribution >= 4 is 5.97 Å². The Morgan fingerprint density at radius 2 is 2.12 bits per heavy atom. The highest BCUT2D eigenvalue weighted by molar-refractivity contribution is 5.71. The van der Waals surface area contributed by atoms with Crippen molar-refractivity contribution in [3.63, 3.8) is 0 Å². The largest absolute Gasteiger partial charge is 0.508 e. The molecule has 0 aliphatic rings. The third-order valence-corrected chi connectivity index (χ3v) is 3.16. The highest BCUT2D eigenvalue weighted by Crippen LogP contribution is 2.31. The maximum atomic E-state index is 11.1. The molecule has 3 heteroatoms. The van der Waals surface area contributed by atoms with Crippen LogP contribution in [0, 0.1) is 5.92 Å². The fraction of sp³-hybridized carbons (Fsp3) is 0.500. The Morgan fingerprint density at radius 1 is 1.41 bits per heavy atom. The smallest absolute Gasteiger partial charge is 0.306 e. The highest BCUT2D eigenvalue weighted by Gasteiger charge is 2.24. The maximum absolute atomic E-state index is 11.1. The van der Waals surface area contributed by atoms with E-state index >= 15 is 0 Å². The van der Waals surface area contributed by atoms with Gasteiger partial charge in [0.2, 0.25) is 0 Å². The van der Waals surface area contributed by atoms with Gasteiger partial charge in [-0.3, -0.25) is 4.79 Å². The number of benzene rings is 1. The first-order valence-electron chi connectivity index (χ1n) is 6.08. The van der Waals surface area contributed by atoms with E-state index in [4.69, 9.17) is 5.11 Å². The van der Waals surface area contributed by atoms with Gasteiger partial charge in [-0.25, -0.2) is 0 Å². The van der Waals surface area contributed by atoms with Gasteiger partial charge in [-0.15, -0.1) is 0 Å². The molecule has 0 fully saturated rings. The number of rotatable bonds is 6. The van der Waals surface area contributed by atoms with Crippen molar-refractivity contribution in [1.29, 1.82) is 0 Å². The Labute approximate surface area is 102 Å². The molecule has 3 nitrogen and oxygen atoms in total. The molecule has 0 amide bonds. The Kier molecular flexibility index (Phi) is 5.01. The lowest BCUT2D eigenvalue weighted by molar-refractivity contribution is -0.142. The lowest BCUT2D eigenvalue weighted by Crippen LogP contribution is -2.19. The predicted octanol–water partition coefficient (Wildman–Crippen LogP) is 3.39. The third kappa shape index (κ3) is 3.77. The number of hydrogen-bond donors (Lipinski definition) is 2. The van der Waals surface area contributed by atoms with E-state index in [1.165, 1.54) is 0 Å². The van der Waals surface area contributed by atoms with Gasteiger partial charge in [0.25, 0.3) is 0 Å². The van der Waals surface area contributed by atoms with Crippen molar-refractivity contribution in [2.75, 3.05) is 0 Å². The summed E-state index contributed by atoms with van der Waals surface area (Å²) in [5.74, 6) is -1.04. The van der Waals surface area contributed by atoms with Gasteiger partial charge in [-0.2, -0.15) is 0 Å². The molecule has 0 saturated carbocycles. The lowest BCUT2D eigenvalue weighted by Gasteiger charge is -2.21. The zero-order chi connectivity index (χ0) is 12.8. The van der Waals surface area contributed by atoms with E-state index in [2.05, 4.69) is 6.92 Å². The molecule has 0 aromatic heterocycles. The SMILES string of the molecule is CCCCC(c1cccc(O)c1)C(C)C(=O)O. The minimum atomic E-state index is -0.783. The van der Waals surface area contributed by atoms with E-state index in [0.29, 0.717) is 0 Å². The molecule has 0 aliphatic carbocycles. The van der Waals surface area contributed by atoms with Gasteiger partial charge in [-0.05, 0) is 30.0 Å². The summed E-state index contributed by atoms with van der Waals surface area (Å²) in [5.41, 5.74) is 0.911. The van der Waals surface area contributed by atoms with Gasteiger partial charge in [-0.1, -0.05) is 38.8 Å². The summed E-state index contributed by atoms with van der Waals surface area (Å²) < 4.78 is 0. The van der Waals surface area contributed by atoms with Crippen LogP contribution in [0.4, 0.5) is 0 Å². The number of carbonyl (C=O) groups is 1. The van der Waals surface area contributed by atoms with E-state index in [-0.39, 0.29) is 11.7 Å². The summed E-state index contributed by atoms with van der Waals surface area (Å²) in [7, 11) is 0. The van der Waals surface area contributed by atoms with Gasteiger partial charge in [0.15, 0.2) is 0 Å². The van der Waals surface area contributed by atoms with Crippen molar-refractivity contribution < 1.29 is 15.0 Å². The average molecular weight is 236 g/mol. The monoisotopic (exact) mass is 236 g/mol. The Bertz CT molecular complexity index is 373. The molecule has 0 heterocycles. The van der Waals surface area contributed by atoms with Crippen molar-refractivity contribution in [3.05, 3.63) is 29.8 Å². The molecule has 0 aliphatic heterocycles. The van der Waals surface area contributed by atoms with Crippen LogP contribution in [0.25, 0.3) is 0 Å². The standard InChI is InChI=1S/C14H20O3/c1-3-4-8-13(10(2)14(16)17)11-6-5-7-12(15)9-11/h5-7,9-10,13,15H,3-4,8H2,1-2H3,(H,16,17). The van der Waals surface area contributed by atoms with Crippen LogP contribution in [-0.4, -0.2) is 16.2 Å². The van der Waals surface area contributed by atoms with Crippen LogP contribution >= 0.6 is 0 Å². The number of aromatic hydroxyl groups is 1. The molecule has 1 aromatic rings. The molecular formula is C14H20O3. The van der Waals surface area contributed by atoms with Crippen LogP contribution in [-0.2, 0) is 4.79 Å². The lowest BCUT2D eigenvalue weighted by atomic mass is 9.83. The Balaban J connectivity index is 2.92. The quantitative estimate of drug-likeness (QED) is 0.796. The summed E-state index contributed by atoms with van der Waals surface area (Å²) in [6.45, 7) is 3.82. The van der Waals surface area contributed by atoms with Gasteiger partial charge in [0, 0.05) is 0 Å². The number of hydrogen-bond acceptors (Lipinski definition) is 2. The molecule has 0 saturated heterocycles. The minimum Gasteiger partial charge on any atom is -0.508 e. The number of aliphatic carboxylic acids is 1. The molecule has 0 spiro atoms. The highest BCUT2D eigenvalue weighted by atomic mass is 16.4. The molecule has 2 unspecified atom stereocenters. The van der Waals surface area contributed by atoms with Crippen LogP contribution in [0.15, 0.2) is 24.3 Å². The molecular weight excluding hydrogens is 216 g/mol.